The van der Waals surface area contributed by atoms with Crippen LogP contribution in [0.25, 0.3) is 0 Å². The van der Waals surface area contributed by atoms with E-state index in [-0.39, 0.29) is 29.8 Å². The fraction of sp³-hybridized carbons (Fsp3) is 0.581. The Labute approximate surface area is 228 Å². The average molecular weight is 541 g/mol. The fourth-order valence-corrected chi connectivity index (χ4v) is 10.8. The first-order valence-corrected chi connectivity index (χ1v) is 15.9. The first kappa shape index (κ1) is 29.0. The molecule has 2 saturated heterocycles. The van der Waals surface area contributed by atoms with Gasteiger partial charge in [0.1, 0.15) is 0 Å². The van der Waals surface area contributed by atoms with Crippen molar-refractivity contribution in [2.45, 2.75) is 108 Å². The van der Waals surface area contributed by atoms with Crippen LogP contribution in [0.5, 0.6) is 0 Å². The molecular weight excluding hydrogens is 496 g/mol. The molecule has 0 bridgehead atoms. The highest BCUT2D eigenvalue weighted by Crippen LogP contribution is 2.39. The monoisotopic (exact) mass is 540 g/mol. The molecular formula is C31H44O6Si. The van der Waals surface area contributed by atoms with Gasteiger partial charge in [0.2, 0.25) is 0 Å². The molecule has 7 heteroatoms. The summed E-state index contributed by atoms with van der Waals surface area (Å²) in [4.78, 5) is 12.1. The summed E-state index contributed by atoms with van der Waals surface area (Å²) >= 11 is 0. The lowest BCUT2D eigenvalue weighted by molar-refractivity contribution is -0.297. The summed E-state index contributed by atoms with van der Waals surface area (Å²) in [5, 5.41) is 12.0. The normalized spacial score (nSPS) is 25.0. The molecule has 4 rings (SSSR count). The van der Waals surface area contributed by atoms with E-state index in [9.17, 15) is 9.90 Å². The molecule has 2 aliphatic heterocycles. The maximum atomic E-state index is 12.1. The first-order chi connectivity index (χ1) is 18.0. The Bertz CT molecular complexity index is 996. The van der Waals surface area contributed by atoms with Gasteiger partial charge in [-0.3, -0.25) is 4.79 Å². The molecule has 2 heterocycles. The van der Waals surface area contributed by atoms with Crippen LogP contribution in [0.2, 0.25) is 5.04 Å². The number of hydrogen-bond acceptors (Lipinski definition) is 5. The van der Waals surface area contributed by atoms with Gasteiger partial charge in [0, 0.05) is 0 Å². The minimum atomic E-state index is -2.89. The van der Waals surface area contributed by atoms with Crippen molar-refractivity contribution in [2.75, 3.05) is 6.61 Å². The van der Waals surface area contributed by atoms with Gasteiger partial charge >= 0.3 is 5.97 Å². The van der Waals surface area contributed by atoms with Crippen molar-refractivity contribution in [3.63, 3.8) is 0 Å². The standard InChI is InChI=1S/C31H44O6Si/c1-30(2,3)38(25-14-8-6-9-15-25,26-16-10-7-11-17-26)37-24(22-29(32)33)21-23-13-12-18-27(35-23)28-19-20-34-31(4,5)36-28/h6-11,14-17,23-24,27-28H,12-13,18-22H2,1-5H3,(H,32,33)/t23-,24-,27+,28-/m0/s1. The molecule has 2 aliphatic rings. The van der Waals surface area contributed by atoms with Crippen LogP contribution in [0.4, 0.5) is 0 Å². The molecule has 0 spiro atoms. The quantitative estimate of drug-likeness (QED) is 0.437. The Hall–Kier alpha value is -2.03. The summed E-state index contributed by atoms with van der Waals surface area (Å²) in [6, 6.07) is 20.8. The molecule has 0 unspecified atom stereocenters. The lowest BCUT2D eigenvalue weighted by Gasteiger charge is -2.46. The molecule has 2 aromatic carbocycles. The highest BCUT2D eigenvalue weighted by molar-refractivity contribution is 6.99. The summed E-state index contributed by atoms with van der Waals surface area (Å²) in [6.45, 7) is 11.2. The second-order valence-electron chi connectivity index (χ2n) is 12.2. The zero-order valence-corrected chi connectivity index (χ0v) is 24.5. The SMILES string of the molecule is CC1(C)OCC[C@@H]([C@H]2CCC[C@@H](C[C@@H](CC(=O)O)O[Si](c3ccccc3)(c3ccccc3)C(C)(C)C)O2)O1. The van der Waals surface area contributed by atoms with E-state index in [1.807, 2.05) is 50.2 Å². The summed E-state index contributed by atoms with van der Waals surface area (Å²) in [6.07, 6.45) is 3.55. The van der Waals surface area contributed by atoms with Crippen LogP contribution in [-0.2, 0) is 23.4 Å². The Kier molecular flexibility index (Phi) is 9.15. The fourth-order valence-electron chi connectivity index (χ4n) is 6.12. The largest absolute Gasteiger partial charge is 0.481 e. The maximum absolute atomic E-state index is 12.1. The molecule has 0 amide bonds. The number of carbonyl (C=O) groups is 1. The highest BCUT2D eigenvalue weighted by atomic mass is 28.4. The van der Waals surface area contributed by atoms with Gasteiger partial charge in [0.05, 0.1) is 37.4 Å². The molecule has 2 fully saturated rings. The summed E-state index contributed by atoms with van der Waals surface area (Å²) in [5.74, 6) is -1.47. The van der Waals surface area contributed by atoms with E-state index in [0.717, 1.165) is 36.1 Å². The number of hydrogen-bond donors (Lipinski definition) is 1. The third kappa shape index (κ3) is 6.75. The smallest absolute Gasteiger partial charge is 0.305 e. The number of rotatable bonds is 9. The van der Waals surface area contributed by atoms with Crippen LogP contribution in [0.1, 0.15) is 73.1 Å². The minimum absolute atomic E-state index is 0.0166. The zero-order valence-electron chi connectivity index (χ0n) is 23.5. The van der Waals surface area contributed by atoms with Gasteiger partial charge in [-0.25, -0.2) is 0 Å². The lowest BCUT2D eigenvalue weighted by atomic mass is 9.95. The number of carboxylic acid groups (broad SMARTS) is 1. The van der Waals surface area contributed by atoms with Crippen molar-refractivity contribution in [1.82, 2.24) is 0 Å². The van der Waals surface area contributed by atoms with Gasteiger partial charge in [-0.15, -0.1) is 0 Å². The molecule has 0 saturated carbocycles. The van der Waals surface area contributed by atoms with Crippen LogP contribution in [0, 0.1) is 0 Å². The molecule has 38 heavy (non-hydrogen) atoms. The summed E-state index contributed by atoms with van der Waals surface area (Å²) in [5.41, 5.74) is 0. The van der Waals surface area contributed by atoms with Gasteiger partial charge in [0.25, 0.3) is 8.32 Å². The van der Waals surface area contributed by atoms with Gasteiger partial charge in [-0.2, -0.15) is 0 Å². The molecule has 208 valence electrons. The number of ether oxygens (including phenoxy) is 3. The van der Waals surface area contributed by atoms with Crippen molar-refractivity contribution in [1.29, 1.82) is 0 Å². The number of carboxylic acids is 1. The third-order valence-electron chi connectivity index (χ3n) is 7.77. The Balaban J connectivity index is 1.62. The molecule has 4 atom stereocenters. The van der Waals surface area contributed by atoms with E-state index < -0.39 is 26.2 Å². The summed E-state index contributed by atoms with van der Waals surface area (Å²) < 4.78 is 25.8. The van der Waals surface area contributed by atoms with Crippen molar-refractivity contribution >= 4 is 24.7 Å². The van der Waals surface area contributed by atoms with Gasteiger partial charge in [-0.1, -0.05) is 81.4 Å². The number of benzene rings is 2. The highest BCUT2D eigenvalue weighted by Gasteiger charge is 2.52. The first-order valence-electron chi connectivity index (χ1n) is 14.0. The van der Waals surface area contributed by atoms with Crippen molar-refractivity contribution in [3.8, 4) is 0 Å². The van der Waals surface area contributed by atoms with Gasteiger partial charge in [0.15, 0.2) is 5.79 Å². The van der Waals surface area contributed by atoms with Crippen molar-refractivity contribution in [2.24, 2.45) is 0 Å². The van der Waals surface area contributed by atoms with Gasteiger partial charge < -0.3 is 23.7 Å². The summed E-state index contributed by atoms with van der Waals surface area (Å²) in [7, 11) is -2.89. The van der Waals surface area contributed by atoms with Crippen LogP contribution < -0.4 is 10.4 Å². The van der Waals surface area contributed by atoms with E-state index in [2.05, 4.69) is 45.0 Å². The van der Waals surface area contributed by atoms with Crippen LogP contribution in [0.15, 0.2) is 60.7 Å². The van der Waals surface area contributed by atoms with Crippen LogP contribution in [-0.4, -0.2) is 56.2 Å². The van der Waals surface area contributed by atoms with E-state index in [4.69, 9.17) is 18.6 Å². The Morgan fingerprint density at radius 2 is 1.61 bits per heavy atom. The van der Waals surface area contributed by atoms with E-state index in [1.165, 1.54) is 0 Å². The second-order valence-corrected chi connectivity index (χ2v) is 16.4. The molecule has 2 aromatic rings. The molecule has 0 aliphatic carbocycles. The average Bonchev–Trinajstić information content (AvgIpc) is 2.87. The van der Waals surface area contributed by atoms with E-state index >= 15 is 0 Å². The van der Waals surface area contributed by atoms with E-state index in [1.54, 1.807) is 0 Å². The van der Waals surface area contributed by atoms with Crippen molar-refractivity contribution < 1.29 is 28.5 Å². The second kappa shape index (κ2) is 12.0. The Morgan fingerprint density at radius 1 is 1.00 bits per heavy atom. The van der Waals surface area contributed by atoms with Crippen molar-refractivity contribution in [3.05, 3.63) is 60.7 Å². The number of aliphatic carboxylic acids is 1. The lowest BCUT2D eigenvalue weighted by Crippen LogP contribution is -2.68. The van der Waals surface area contributed by atoms with Gasteiger partial charge in [-0.05, 0) is 61.4 Å². The molecule has 6 nitrogen and oxygen atoms in total. The van der Waals surface area contributed by atoms with E-state index in [0.29, 0.717) is 13.0 Å². The molecule has 0 radical (unpaired) electrons. The predicted octanol–water partition coefficient (Wildman–Crippen LogP) is 5.28. The van der Waals surface area contributed by atoms with Crippen LogP contribution >= 0.6 is 0 Å². The van der Waals surface area contributed by atoms with Crippen LogP contribution in [0.3, 0.4) is 0 Å². The minimum Gasteiger partial charge on any atom is -0.481 e. The third-order valence-corrected chi connectivity index (χ3v) is 12.9. The maximum Gasteiger partial charge on any atom is 0.305 e. The zero-order chi connectivity index (χ0) is 27.4. The molecule has 1 N–H and O–H groups in total. The topological polar surface area (TPSA) is 74.2 Å². The Morgan fingerprint density at radius 3 is 2.13 bits per heavy atom. The predicted molar refractivity (Wildman–Crippen MR) is 151 cm³/mol. The molecule has 0 aromatic heterocycles.